The highest BCUT2D eigenvalue weighted by molar-refractivity contribution is 5.92. The zero-order valence-corrected chi connectivity index (χ0v) is 16.6. The van der Waals surface area contributed by atoms with E-state index in [4.69, 9.17) is 9.84 Å². The molecule has 5 rings (SSSR count). The van der Waals surface area contributed by atoms with E-state index in [1.165, 1.54) is 12.1 Å². The van der Waals surface area contributed by atoms with Crippen molar-refractivity contribution in [3.63, 3.8) is 0 Å². The molecule has 4 aromatic rings. The summed E-state index contributed by atoms with van der Waals surface area (Å²) in [4.78, 5) is 12.4. The van der Waals surface area contributed by atoms with Crippen LogP contribution in [0.4, 0.5) is 4.39 Å². The van der Waals surface area contributed by atoms with E-state index in [1.54, 1.807) is 16.8 Å². The SMILES string of the molecule is C=C1C(=O)OC(c2cc(-c3ccc(F)cc3)n(-c3ccccc3)n2)C1c1ccccc1. The van der Waals surface area contributed by atoms with Gasteiger partial charge in [-0.15, -0.1) is 0 Å². The predicted octanol–water partition coefficient (Wildman–Crippen LogP) is 5.62. The summed E-state index contributed by atoms with van der Waals surface area (Å²) in [6.07, 6.45) is -0.591. The molecule has 0 amide bonds. The van der Waals surface area contributed by atoms with Gasteiger partial charge in [0.05, 0.1) is 17.3 Å². The molecule has 2 atom stereocenters. The standard InChI is InChI=1S/C26H19FN2O2/c1-17-24(19-8-4-2-5-9-19)25(31-26(17)30)22-16-23(18-12-14-20(27)15-13-18)29(28-22)21-10-6-3-7-11-21/h2-16,24-25H,1H2. The van der Waals surface area contributed by atoms with E-state index in [-0.39, 0.29) is 11.7 Å². The minimum atomic E-state index is -0.591. The topological polar surface area (TPSA) is 44.1 Å². The van der Waals surface area contributed by atoms with Crippen molar-refractivity contribution < 1.29 is 13.9 Å². The number of aromatic nitrogens is 2. The van der Waals surface area contributed by atoms with Gasteiger partial charge >= 0.3 is 5.97 Å². The van der Waals surface area contributed by atoms with E-state index < -0.39 is 12.1 Å². The molecular formula is C26H19FN2O2. The maximum absolute atomic E-state index is 13.5. The van der Waals surface area contributed by atoms with Crippen LogP contribution in [0.2, 0.25) is 0 Å². The fourth-order valence-electron chi connectivity index (χ4n) is 3.97. The minimum absolute atomic E-state index is 0.306. The summed E-state index contributed by atoms with van der Waals surface area (Å²) < 4.78 is 21.0. The van der Waals surface area contributed by atoms with Gasteiger partial charge in [-0.05, 0) is 48.0 Å². The van der Waals surface area contributed by atoms with Crippen LogP contribution in [0.25, 0.3) is 16.9 Å². The summed E-state index contributed by atoms with van der Waals surface area (Å²) in [7, 11) is 0. The van der Waals surface area contributed by atoms with Crippen LogP contribution in [0, 0.1) is 5.82 Å². The number of ether oxygens (including phenoxy) is 1. The van der Waals surface area contributed by atoms with Crippen molar-refractivity contribution in [1.82, 2.24) is 9.78 Å². The maximum Gasteiger partial charge on any atom is 0.334 e. The van der Waals surface area contributed by atoms with Gasteiger partial charge in [0.1, 0.15) is 11.5 Å². The molecular weight excluding hydrogens is 391 g/mol. The van der Waals surface area contributed by atoms with Gasteiger partial charge in [0.25, 0.3) is 0 Å². The van der Waals surface area contributed by atoms with Crippen LogP contribution in [0.1, 0.15) is 23.3 Å². The van der Waals surface area contributed by atoms with Crippen LogP contribution >= 0.6 is 0 Å². The Kier molecular flexibility index (Phi) is 4.71. The normalized spacial score (nSPS) is 18.2. The minimum Gasteiger partial charge on any atom is -0.451 e. The van der Waals surface area contributed by atoms with E-state index in [2.05, 4.69) is 6.58 Å². The number of carbonyl (C=O) groups is 1. The van der Waals surface area contributed by atoms with E-state index in [0.717, 1.165) is 22.5 Å². The van der Waals surface area contributed by atoms with Crippen LogP contribution in [-0.4, -0.2) is 15.7 Å². The molecule has 5 heteroatoms. The summed E-state index contributed by atoms with van der Waals surface area (Å²) in [5.41, 5.74) is 4.41. The van der Waals surface area contributed by atoms with Gasteiger partial charge in [-0.3, -0.25) is 0 Å². The number of nitrogens with zero attached hydrogens (tertiary/aromatic N) is 2. The van der Waals surface area contributed by atoms with E-state index >= 15 is 0 Å². The largest absolute Gasteiger partial charge is 0.451 e. The monoisotopic (exact) mass is 410 g/mol. The van der Waals surface area contributed by atoms with Crippen LogP contribution in [0.3, 0.4) is 0 Å². The lowest BCUT2D eigenvalue weighted by molar-refractivity contribution is -0.139. The molecule has 0 aliphatic carbocycles. The zero-order chi connectivity index (χ0) is 21.4. The molecule has 1 aliphatic rings. The first-order valence-corrected chi connectivity index (χ1v) is 9.98. The molecule has 0 bridgehead atoms. The summed E-state index contributed by atoms with van der Waals surface area (Å²) >= 11 is 0. The van der Waals surface area contributed by atoms with Crippen molar-refractivity contribution in [2.24, 2.45) is 0 Å². The molecule has 3 aromatic carbocycles. The highest BCUT2D eigenvalue weighted by Crippen LogP contribution is 2.45. The van der Waals surface area contributed by atoms with Gasteiger partial charge < -0.3 is 4.74 Å². The second-order valence-corrected chi connectivity index (χ2v) is 7.45. The van der Waals surface area contributed by atoms with Gasteiger partial charge in [-0.1, -0.05) is 55.1 Å². The first-order valence-electron chi connectivity index (χ1n) is 9.98. The highest BCUT2D eigenvalue weighted by Gasteiger charge is 2.42. The van der Waals surface area contributed by atoms with Gasteiger partial charge in [0, 0.05) is 11.1 Å². The van der Waals surface area contributed by atoms with E-state index in [9.17, 15) is 9.18 Å². The first-order chi connectivity index (χ1) is 15.1. The molecule has 152 valence electrons. The number of cyclic esters (lactones) is 1. The Morgan fingerprint density at radius 1 is 0.903 bits per heavy atom. The third-order valence-electron chi connectivity index (χ3n) is 5.49. The third kappa shape index (κ3) is 3.44. The number of rotatable bonds is 4. The Morgan fingerprint density at radius 3 is 2.23 bits per heavy atom. The Labute approximate surface area is 179 Å². The van der Waals surface area contributed by atoms with E-state index in [1.807, 2.05) is 66.7 Å². The Morgan fingerprint density at radius 2 is 1.55 bits per heavy atom. The molecule has 0 N–H and O–H groups in total. The number of halogens is 1. The Hall–Kier alpha value is -3.99. The van der Waals surface area contributed by atoms with Crippen LogP contribution in [0.15, 0.2) is 103 Å². The van der Waals surface area contributed by atoms with Gasteiger partial charge in [-0.2, -0.15) is 5.10 Å². The lowest BCUT2D eigenvalue weighted by Gasteiger charge is -2.16. The zero-order valence-electron chi connectivity index (χ0n) is 16.6. The predicted molar refractivity (Wildman–Crippen MR) is 116 cm³/mol. The van der Waals surface area contributed by atoms with Crippen LogP contribution in [0.5, 0.6) is 0 Å². The summed E-state index contributed by atoms with van der Waals surface area (Å²) in [5.74, 6) is -1.05. The average molecular weight is 410 g/mol. The number of hydrogen-bond donors (Lipinski definition) is 0. The number of benzene rings is 3. The van der Waals surface area contributed by atoms with Crippen LogP contribution < -0.4 is 0 Å². The fourth-order valence-corrected chi connectivity index (χ4v) is 3.97. The molecule has 0 spiro atoms. The second-order valence-electron chi connectivity index (χ2n) is 7.45. The van der Waals surface area contributed by atoms with Crippen molar-refractivity contribution >= 4 is 5.97 Å². The smallest absolute Gasteiger partial charge is 0.334 e. The number of carbonyl (C=O) groups excluding carboxylic acids is 1. The van der Waals surface area contributed by atoms with Crippen molar-refractivity contribution in [3.8, 4) is 16.9 Å². The third-order valence-corrected chi connectivity index (χ3v) is 5.49. The molecule has 31 heavy (non-hydrogen) atoms. The van der Waals surface area contributed by atoms with Gasteiger partial charge in [0.15, 0.2) is 6.10 Å². The van der Waals surface area contributed by atoms with Crippen molar-refractivity contribution in [2.75, 3.05) is 0 Å². The van der Waals surface area contributed by atoms with Crippen LogP contribution in [-0.2, 0) is 9.53 Å². The summed E-state index contributed by atoms with van der Waals surface area (Å²) in [5, 5.41) is 4.81. The maximum atomic E-state index is 13.5. The number of esters is 1. The number of hydrogen-bond acceptors (Lipinski definition) is 3. The van der Waals surface area contributed by atoms with Gasteiger partial charge in [0.2, 0.25) is 0 Å². The van der Waals surface area contributed by atoms with Crippen molar-refractivity contribution in [2.45, 2.75) is 12.0 Å². The second kappa shape index (κ2) is 7.69. The highest BCUT2D eigenvalue weighted by atomic mass is 19.1. The summed E-state index contributed by atoms with van der Waals surface area (Å²) in [6, 6.07) is 27.5. The van der Waals surface area contributed by atoms with Crippen molar-refractivity contribution in [3.05, 3.63) is 120 Å². The van der Waals surface area contributed by atoms with E-state index in [0.29, 0.717) is 11.3 Å². The Bertz CT molecular complexity index is 1250. The lowest BCUT2D eigenvalue weighted by atomic mass is 9.88. The Balaban J connectivity index is 1.65. The average Bonchev–Trinajstić information content (AvgIpc) is 3.37. The van der Waals surface area contributed by atoms with Gasteiger partial charge in [-0.25, -0.2) is 13.9 Å². The molecule has 1 aromatic heterocycles. The molecule has 1 saturated heterocycles. The number of para-hydroxylation sites is 1. The molecule has 0 radical (unpaired) electrons. The fraction of sp³-hybridized carbons (Fsp3) is 0.0769. The molecule has 1 aliphatic heterocycles. The molecule has 4 nitrogen and oxygen atoms in total. The quantitative estimate of drug-likeness (QED) is 0.324. The first kappa shape index (κ1) is 19.0. The molecule has 0 saturated carbocycles. The lowest BCUT2D eigenvalue weighted by Crippen LogP contribution is -2.08. The molecule has 2 unspecified atom stereocenters. The summed E-state index contributed by atoms with van der Waals surface area (Å²) in [6.45, 7) is 3.97. The van der Waals surface area contributed by atoms with Crippen molar-refractivity contribution in [1.29, 1.82) is 0 Å². The molecule has 1 fully saturated rings. The molecule has 2 heterocycles.